The van der Waals surface area contributed by atoms with Crippen LogP contribution >= 0.6 is 0 Å². The highest BCUT2D eigenvalue weighted by molar-refractivity contribution is 5.83. The summed E-state index contributed by atoms with van der Waals surface area (Å²) in [6, 6.07) is 8.35. The Morgan fingerprint density at radius 1 is 1.17 bits per heavy atom. The van der Waals surface area contributed by atoms with E-state index < -0.39 is 5.82 Å². The second kappa shape index (κ2) is 4.87. The predicted octanol–water partition coefficient (Wildman–Crippen LogP) is 3.02. The van der Waals surface area contributed by atoms with Crippen molar-refractivity contribution in [2.75, 3.05) is 7.11 Å². The molecule has 0 atom stereocenters. The molecule has 0 saturated carbocycles. The number of carbonyl (C=O) groups is 1. The summed E-state index contributed by atoms with van der Waals surface area (Å²) in [5, 5.41) is 9.76. The zero-order chi connectivity index (χ0) is 13.1. The van der Waals surface area contributed by atoms with Gasteiger partial charge in [0.1, 0.15) is 23.6 Å². The number of rotatable bonds is 3. The second-order valence-electron chi connectivity index (χ2n) is 3.74. The maximum atomic E-state index is 13.2. The molecule has 0 aromatic heterocycles. The van der Waals surface area contributed by atoms with Crippen molar-refractivity contribution in [1.82, 2.24) is 0 Å². The summed E-state index contributed by atoms with van der Waals surface area (Å²) < 4.78 is 18.4. The van der Waals surface area contributed by atoms with Gasteiger partial charge in [-0.3, -0.25) is 4.79 Å². The van der Waals surface area contributed by atoms with Crippen LogP contribution in [0.3, 0.4) is 0 Å². The topological polar surface area (TPSA) is 46.5 Å². The van der Waals surface area contributed by atoms with Gasteiger partial charge >= 0.3 is 0 Å². The minimum absolute atomic E-state index is 0.0715. The van der Waals surface area contributed by atoms with Gasteiger partial charge in [0.05, 0.1) is 7.11 Å². The number of benzene rings is 2. The third kappa shape index (κ3) is 2.18. The molecule has 0 aliphatic carbocycles. The van der Waals surface area contributed by atoms with Crippen LogP contribution in [0.25, 0.3) is 11.1 Å². The van der Waals surface area contributed by atoms with Crippen LogP contribution in [0.5, 0.6) is 11.5 Å². The third-order valence-electron chi connectivity index (χ3n) is 2.61. The number of ether oxygens (including phenoxy) is 1. The molecule has 0 aliphatic rings. The number of hydrogen-bond acceptors (Lipinski definition) is 3. The quantitative estimate of drug-likeness (QED) is 0.847. The van der Waals surface area contributed by atoms with Crippen molar-refractivity contribution in [3.63, 3.8) is 0 Å². The summed E-state index contributed by atoms with van der Waals surface area (Å²) in [5.74, 6) is -0.0828. The molecule has 0 spiro atoms. The van der Waals surface area contributed by atoms with E-state index in [9.17, 15) is 14.3 Å². The monoisotopic (exact) mass is 246 g/mol. The number of halogens is 1. The highest BCUT2D eigenvalue weighted by Crippen LogP contribution is 2.36. The van der Waals surface area contributed by atoms with Crippen LogP contribution in [0.15, 0.2) is 36.4 Å². The van der Waals surface area contributed by atoms with E-state index in [0.29, 0.717) is 23.2 Å². The summed E-state index contributed by atoms with van der Waals surface area (Å²) in [4.78, 5) is 10.8. The maximum Gasteiger partial charge on any atom is 0.150 e. The molecule has 18 heavy (non-hydrogen) atoms. The van der Waals surface area contributed by atoms with Gasteiger partial charge < -0.3 is 9.84 Å². The fourth-order valence-electron chi connectivity index (χ4n) is 1.73. The molecule has 2 aromatic rings. The Balaban J connectivity index is 2.67. The standard InChI is InChI=1S/C14H11FO3/c1-18-14-5-2-9(8-16)6-12(14)11-7-10(15)3-4-13(11)17/h2-8,17H,1H3. The molecule has 0 amide bonds. The lowest BCUT2D eigenvalue weighted by atomic mass is 10.0. The lowest BCUT2D eigenvalue weighted by molar-refractivity contribution is 0.112. The predicted molar refractivity (Wildman–Crippen MR) is 65.4 cm³/mol. The SMILES string of the molecule is COc1ccc(C=O)cc1-c1cc(F)ccc1O. The highest BCUT2D eigenvalue weighted by atomic mass is 19.1. The number of methoxy groups -OCH3 is 1. The lowest BCUT2D eigenvalue weighted by Gasteiger charge is -2.10. The van der Waals surface area contributed by atoms with Crippen molar-refractivity contribution in [3.05, 3.63) is 47.8 Å². The minimum Gasteiger partial charge on any atom is -0.507 e. The molecule has 4 heteroatoms. The van der Waals surface area contributed by atoms with Gasteiger partial charge in [0.25, 0.3) is 0 Å². The first-order valence-corrected chi connectivity index (χ1v) is 5.28. The minimum atomic E-state index is -0.471. The van der Waals surface area contributed by atoms with Crippen molar-refractivity contribution in [2.24, 2.45) is 0 Å². The molecular weight excluding hydrogens is 235 g/mol. The fourth-order valence-corrected chi connectivity index (χ4v) is 1.73. The number of phenols is 1. The first-order valence-electron chi connectivity index (χ1n) is 5.28. The highest BCUT2D eigenvalue weighted by Gasteiger charge is 2.12. The Labute approximate surface area is 103 Å². The molecular formula is C14H11FO3. The van der Waals surface area contributed by atoms with Crippen LogP contribution in [-0.2, 0) is 0 Å². The Bertz CT molecular complexity index is 594. The molecule has 0 bridgehead atoms. The van der Waals surface area contributed by atoms with E-state index in [-0.39, 0.29) is 11.3 Å². The van der Waals surface area contributed by atoms with Gasteiger partial charge in [-0.15, -0.1) is 0 Å². The van der Waals surface area contributed by atoms with Crippen LogP contribution in [-0.4, -0.2) is 18.5 Å². The van der Waals surface area contributed by atoms with Gasteiger partial charge in [0.15, 0.2) is 0 Å². The number of aromatic hydroxyl groups is 1. The first kappa shape index (κ1) is 12.1. The third-order valence-corrected chi connectivity index (χ3v) is 2.61. The maximum absolute atomic E-state index is 13.2. The molecule has 0 unspecified atom stereocenters. The van der Waals surface area contributed by atoms with E-state index in [1.165, 1.54) is 19.2 Å². The van der Waals surface area contributed by atoms with Gasteiger partial charge in [-0.2, -0.15) is 0 Å². The number of aldehydes is 1. The van der Waals surface area contributed by atoms with E-state index in [2.05, 4.69) is 0 Å². The van der Waals surface area contributed by atoms with Crippen molar-refractivity contribution >= 4 is 6.29 Å². The normalized spacial score (nSPS) is 10.1. The second-order valence-corrected chi connectivity index (χ2v) is 3.74. The van der Waals surface area contributed by atoms with Crippen LogP contribution in [0, 0.1) is 5.82 Å². The molecule has 2 aromatic carbocycles. The average Bonchev–Trinajstić information content (AvgIpc) is 2.40. The fraction of sp³-hybridized carbons (Fsp3) is 0.0714. The van der Waals surface area contributed by atoms with Gasteiger partial charge in [-0.25, -0.2) is 4.39 Å². The van der Waals surface area contributed by atoms with E-state index >= 15 is 0 Å². The summed E-state index contributed by atoms with van der Waals surface area (Å²) in [5.41, 5.74) is 1.18. The smallest absolute Gasteiger partial charge is 0.150 e. The Morgan fingerprint density at radius 2 is 1.94 bits per heavy atom. The average molecular weight is 246 g/mol. The number of hydrogen-bond donors (Lipinski definition) is 1. The molecule has 0 aliphatic heterocycles. The van der Waals surface area contributed by atoms with E-state index in [0.717, 1.165) is 6.07 Å². The summed E-state index contributed by atoms with van der Waals surface area (Å²) in [6.07, 6.45) is 0.680. The zero-order valence-electron chi connectivity index (χ0n) is 9.68. The van der Waals surface area contributed by atoms with Crippen LogP contribution < -0.4 is 4.74 Å². The summed E-state index contributed by atoms with van der Waals surface area (Å²) >= 11 is 0. The number of phenolic OH excluding ortho intramolecular Hbond substituents is 1. The van der Waals surface area contributed by atoms with Gasteiger partial charge in [-0.05, 0) is 36.4 Å². The van der Waals surface area contributed by atoms with Gasteiger partial charge in [-0.1, -0.05) is 0 Å². The van der Waals surface area contributed by atoms with E-state index in [1.54, 1.807) is 18.2 Å². The first-order chi connectivity index (χ1) is 8.65. The number of carbonyl (C=O) groups excluding carboxylic acids is 1. The summed E-state index contributed by atoms with van der Waals surface area (Å²) in [7, 11) is 1.47. The van der Waals surface area contributed by atoms with Crippen molar-refractivity contribution in [1.29, 1.82) is 0 Å². The molecule has 3 nitrogen and oxygen atoms in total. The zero-order valence-corrected chi connectivity index (χ0v) is 9.68. The molecule has 0 heterocycles. The molecule has 0 saturated heterocycles. The lowest BCUT2D eigenvalue weighted by Crippen LogP contribution is -1.91. The molecule has 2 rings (SSSR count). The van der Waals surface area contributed by atoms with Crippen LogP contribution in [0.2, 0.25) is 0 Å². The summed E-state index contributed by atoms with van der Waals surface area (Å²) in [6.45, 7) is 0. The van der Waals surface area contributed by atoms with Crippen molar-refractivity contribution in [3.8, 4) is 22.6 Å². The van der Waals surface area contributed by atoms with Crippen LogP contribution in [0.1, 0.15) is 10.4 Å². The van der Waals surface area contributed by atoms with Gasteiger partial charge in [0, 0.05) is 16.7 Å². The van der Waals surface area contributed by atoms with Gasteiger partial charge in [0.2, 0.25) is 0 Å². The molecule has 0 fully saturated rings. The van der Waals surface area contributed by atoms with Crippen LogP contribution in [0.4, 0.5) is 4.39 Å². The Kier molecular flexibility index (Phi) is 3.28. The molecule has 0 radical (unpaired) electrons. The molecule has 92 valence electrons. The molecule has 1 N–H and O–H groups in total. The van der Waals surface area contributed by atoms with E-state index in [1.807, 2.05) is 0 Å². The van der Waals surface area contributed by atoms with Crippen molar-refractivity contribution in [2.45, 2.75) is 0 Å². The van der Waals surface area contributed by atoms with E-state index in [4.69, 9.17) is 4.74 Å². The Morgan fingerprint density at radius 3 is 2.61 bits per heavy atom. The Hall–Kier alpha value is -2.36. The van der Waals surface area contributed by atoms with Crippen molar-refractivity contribution < 1.29 is 19.0 Å². The largest absolute Gasteiger partial charge is 0.507 e.